The number of pyridine rings is 1. The van der Waals surface area contributed by atoms with Gasteiger partial charge in [0, 0.05) is 0 Å². The first-order valence-electron chi connectivity index (χ1n) is 7.31. The average molecular weight is 350 g/mol. The van der Waals surface area contributed by atoms with Crippen LogP contribution in [-0.4, -0.2) is 13.4 Å². The minimum atomic E-state index is -3.75. The van der Waals surface area contributed by atoms with Crippen LogP contribution >= 0.6 is 0 Å². The summed E-state index contributed by atoms with van der Waals surface area (Å²) in [6, 6.07) is 18.3. The number of hydrogen-bond donors (Lipinski definition) is 2. The Kier molecular flexibility index (Phi) is 4.37. The molecule has 3 aromatic rings. The van der Waals surface area contributed by atoms with Gasteiger partial charge in [-0.05, 0) is 35.4 Å². The van der Waals surface area contributed by atoms with Gasteiger partial charge in [0.05, 0.1) is 11.5 Å². The van der Waals surface area contributed by atoms with E-state index in [4.69, 9.17) is 12.3 Å². The summed E-state index contributed by atoms with van der Waals surface area (Å²) in [5, 5.41) is 0. The summed E-state index contributed by atoms with van der Waals surface area (Å²) in [5.41, 5.74) is 7.88. The molecule has 25 heavy (non-hydrogen) atoms. The number of nitrogen functional groups attached to an aromatic ring is 1. The Labute approximate surface area is 145 Å². The highest BCUT2D eigenvalue weighted by Crippen LogP contribution is 2.24. The number of nitrogens with two attached hydrogens (primary N) is 1. The maximum atomic E-state index is 12.4. The highest BCUT2D eigenvalue weighted by molar-refractivity contribution is 7.92. The second kappa shape index (κ2) is 6.63. The topological polar surface area (TPSA) is 89.4 Å². The lowest BCUT2D eigenvalue weighted by Gasteiger charge is -2.09. The molecule has 0 aliphatic rings. The van der Waals surface area contributed by atoms with E-state index < -0.39 is 10.0 Å². The summed E-state index contributed by atoms with van der Waals surface area (Å²) in [6.07, 6.45) is 0. The number of nitrogens with one attached hydrogen (secondary N) is 1. The van der Waals surface area contributed by atoms with Crippen LogP contribution in [0.4, 0.5) is 17.3 Å². The molecule has 3 N–H and O–H groups in total. The summed E-state index contributed by atoms with van der Waals surface area (Å²) in [5.74, 6) is 0.400. The van der Waals surface area contributed by atoms with Gasteiger partial charge < -0.3 is 5.73 Å². The van der Waals surface area contributed by atoms with Gasteiger partial charge in [0.25, 0.3) is 10.0 Å². The predicted octanol–water partition coefficient (Wildman–Crippen LogP) is 3.68. The van der Waals surface area contributed by atoms with E-state index in [9.17, 15) is 8.42 Å². The zero-order chi connectivity index (χ0) is 17.9. The highest BCUT2D eigenvalue weighted by Gasteiger charge is 2.15. The van der Waals surface area contributed by atoms with E-state index in [0.29, 0.717) is 5.69 Å². The van der Waals surface area contributed by atoms with E-state index in [1.54, 1.807) is 36.4 Å². The van der Waals surface area contributed by atoms with Crippen molar-refractivity contribution in [1.82, 2.24) is 4.98 Å². The van der Waals surface area contributed by atoms with Crippen LogP contribution in [0.15, 0.2) is 71.6 Å². The minimum absolute atomic E-state index is 0.123. The fourth-order valence-corrected chi connectivity index (χ4v) is 3.26. The van der Waals surface area contributed by atoms with Crippen molar-refractivity contribution in [3.63, 3.8) is 0 Å². The molecule has 0 bridgehead atoms. The van der Waals surface area contributed by atoms with Crippen molar-refractivity contribution in [3.05, 3.63) is 78.1 Å². The average Bonchev–Trinajstić information content (AvgIpc) is 2.61. The molecule has 0 fully saturated rings. The molecule has 0 saturated carbocycles. The van der Waals surface area contributed by atoms with Gasteiger partial charge in [-0.25, -0.2) is 18.2 Å². The number of benzene rings is 2. The van der Waals surface area contributed by atoms with E-state index in [2.05, 4.69) is 14.6 Å². The molecule has 3 rings (SSSR count). The molecule has 0 aliphatic heterocycles. The number of sulfonamides is 1. The Hall–Kier alpha value is -3.37. The third-order valence-electron chi connectivity index (χ3n) is 3.50. The molecule has 1 heterocycles. The van der Waals surface area contributed by atoms with Crippen molar-refractivity contribution in [1.29, 1.82) is 0 Å². The zero-order valence-electron chi connectivity index (χ0n) is 13.0. The molecule has 0 spiro atoms. The van der Waals surface area contributed by atoms with Crippen molar-refractivity contribution < 1.29 is 8.42 Å². The fourth-order valence-electron chi connectivity index (χ4n) is 2.26. The first kappa shape index (κ1) is 16.5. The van der Waals surface area contributed by atoms with Crippen molar-refractivity contribution in [2.24, 2.45) is 0 Å². The van der Waals surface area contributed by atoms with E-state index in [1.807, 2.05) is 12.1 Å². The SMILES string of the molecule is [C-]#[N+]c1ccc(-c2ccc(S(=O)(=O)Nc3cccc(N)n3)cc2)cc1. The Balaban J connectivity index is 1.84. The first-order valence-corrected chi connectivity index (χ1v) is 8.79. The van der Waals surface area contributed by atoms with Gasteiger partial charge >= 0.3 is 0 Å². The lowest BCUT2D eigenvalue weighted by molar-refractivity contribution is 0.601. The molecule has 7 heteroatoms. The molecule has 6 nitrogen and oxygen atoms in total. The van der Waals surface area contributed by atoms with Gasteiger partial charge in [-0.15, -0.1) is 0 Å². The molecule has 0 unspecified atom stereocenters. The van der Waals surface area contributed by atoms with Crippen LogP contribution < -0.4 is 10.5 Å². The summed E-state index contributed by atoms with van der Waals surface area (Å²) >= 11 is 0. The van der Waals surface area contributed by atoms with Gasteiger partial charge in [0.1, 0.15) is 11.6 Å². The molecule has 1 aromatic heterocycles. The van der Waals surface area contributed by atoms with E-state index in [1.165, 1.54) is 18.2 Å². The second-order valence-corrected chi connectivity index (χ2v) is 6.92. The number of aromatic nitrogens is 1. The normalized spacial score (nSPS) is 10.8. The lowest BCUT2D eigenvalue weighted by Crippen LogP contribution is -2.14. The van der Waals surface area contributed by atoms with Gasteiger partial charge in [0.2, 0.25) is 0 Å². The zero-order valence-corrected chi connectivity index (χ0v) is 13.9. The van der Waals surface area contributed by atoms with Crippen molar-refractivity contribution >= 4 is 27.3 Å². The van der Waals surface area contributed by atoms with E-state index >= 15 is 0 Å². The maximum Gasteiger partial charge on any atom is 0.263 e. The predicted molar refractivity (Wildman–Crippen MR) is 97.6 cm³/mol. The summed E-state index contributed by atoms with van der Waals surface area (Å²) < 4.78 is 27.2. The molecule has 2 aromatic carbocycles. The monoisotopic (exact) mass is 350 g/mol. The maximum absolute atomic E-state index is 12.4. The van der Waals surface area contributed by atoms with E-state index in [0.717, 1.165) is 11.1 Å². The summed E-state index contributed by atoms with van der Waals surface area (Å²) in [7, 11) is -3.75. The molecule has 0 radical (unpaired) electrons. The minimum Gasteiger partial charge on any atom is -0.384 e. The number of anilines is 2. The van der Waals surface area contributed by atoms with Crippen LogP contribution in [0, 0.1) is 6.57 Å². The van der Waals surface area contributed by atoms with Crippen LogP contribution in [0.25, 0.3) is 16.0 Å². The van der Waals surface area contributed by atoms with Gasteiger partial charge in [-0.1, -0.05) is 42.5 Å². The van der Waals surface area contributed by atoms with Crippen molar-refractivity contribution in [2.75, 3.05) is 10.5 Å². The Morgan fingerprint density at radius 2 is 1.52 bits per heavy atom. The molecule has 0 aliphatic carbocycles. The summed E-state index contributed by atoms with van der Waals surface area (Å²) in [4.78, 5) is 7.40. The van der Waals surface area contributed by atoms with Crippen LogP contribution in [-0.2, 0) is 10.0 Å². The van der Waals surface area contributed by atoms with E-state index in [-0.39, 0.29) is 16.5 Å². The van der Waals surface area contributed by atoms with Gasteiger partial charge in [0.15, 0.2) is 5.69 Å². The second-order valence-electron chi connectivity index (χ2n) is 5.24. The molecular formula is C18H14N4O2S. The Bertz CT molecular complexity index is 1040. The van der Waals surface area contributed by atoms with Gasteiger partial charge in [-0.3, -0.25) is 4.72 Å². The molecule has 0 amide bonds. The number of rotatable bonds is 4. The quantitative estimate of drug-likeness (QED) is 0.702. The largest absolute Gasteiger partial charge is 0.384 e. The molecule has 0 atom stereocenters. The summed E-state index contributed by atoms with van der Waals surface area (Å²) in [6.45, 7) is 6.96. The van der Waals surface area contributed by atoms with Crippen LogP contribution in [0.2, 0.25) is 0 Å². The lowest BCUT2D eigenvalue weighted by atomic mass is 10.1. The number of hydrogen-bond acceptors (Lipinski definition) is 4. The van der Waals surface area contributed by atoms with Crippen LogP contribution in [0.1, 0.15) is 0 Å². The molecular weight excluding hydrogens is 336 g/mol. The van der Waals surface area contributed by atoms with Crippen molar-refractivity contribution in [3.8, 4) is 11.1 Å². The van der Waals surface area contributed by atoms with Crippen molar-refractivity contribution in [2.45, 2.75) is 4.90 Å². The Morgan fingerprint density at radius 1 is 0.920 bits per heavy atom. The Morgan fingerprint density at radius 3 is 2.08 bits per heavy atom. The van der Waals surface area contributed by atoms with Crippen LogP contribution in [0.5, 0.6) is 0 Å². The first-order chi connectivity index (χ1) is 12.0. The third-order valence-corrected chi connectivity index (χ3v) is 4.87. The third kappa shape index (κ3) is 3.76. The molecule has 124 valence electrons. The standard InChI is InChI=1S/C18H14N4O2S/c1-20-15-9-5-13(6-10-15)14-7-11-16(12-8-14)25(23,24)22-18-4-2-3-17(19)21-18/h2-12H,(H3,19,21,22). The fraction of sp³-hybridized carbons (Fsp3) is 0. The van der Waals surface area contributed by atoms with Crippen LogP contribution in [0.3, 0.4) is 0 Å². The smallest absolute Gasteiger partial charge is 0.263 e. The molecule has 0 saturated heterocycles. The highest BCUT2D eigenvalue weighted by atomic mass is 32.2. The number of nitrogens with zero attached hydrogens (tertiary/aromatic N) is 2. The van der Waals surface area contributed by atoms with Gasteiger partial charge in [-0.2, -0.15) is 0 Å².